The van der Waals surface area contributed by atoms with Crippen molar-refractivity contribution in [1.29, 1.82) is 0 Å². The zero-order valence-corrected chi connectivity index (χ0v) is 29.0. The summed E-state index contributed by atoms with van der Waals surface area (Å²) in [6.07, 6.45) is 13.2. The summed E-state index contributed by atoms with van der Waals surface area (Å²) >= 11 is 0. The minimum absolute atomic E-state index is 0.0150. The van der Waals surface area contributed by atoms with Crippen LogP contribution in [0.1, 0.15) is 123 Å². The molecule has 3 atom stereocenters. The maximum absolute atomic E-state index is 13.7. The molecular formula is C37H57NO10. The number of phenols is 1. The maximum Gasteiger partial charge on any atom is 0.337 e. The third-order valence-electron chi connectivity index (χ3n) is 7.94. The molecule has 0 bridgehead atoms. The number of ketones is 1. The van der Waals surface area contributed by atoms with Crippen LogP contribution in [-0.2, 0) is 39.9 Å². The Hall–Kier alpha value is -3.73. The summed E-state index contributed by atoms with van der Waals surface area (Å²) in [5.41, 5.74) is -2.28. The van der Waals surface area contributed by atoms with Gasteiger partial charge in [0.05, 0.1) is 25.6 Å². The number of rotatable bonds is 27. The molecule has 1 aromatic rings. The number of unbranched alkanes of at least 4 members (excludes halogenated alkanes) is 8. The highest BCUT2D eigenvalue weighted by Gasteiger charge is 2.49. The van der Waals surface area contributed by atoms with E-state index in [9.17, 15) is 39.3 Å². The van der Waals surface area contributed by atoms with Gasteiger partial charge in [0.2, 0.25) is 5.91 Å². The number of aliphatic hydroxyl groups is 1. The lowest BCUT2D eigenvalue weighted by Gasteiger charge is -2.30. The average Bonchev–Trinajstić information content (AvgIpc) is 3.05. The second kappa shape index (κ2) is 24.4. The second-order valence-corrected chi connectivity index (χ2v) is 12.3. The largest absolute Gasteiger partial charge is 0.508 e. The van der Waals surface area contributed by atoms with Crippen LogP contribution in [0.25, 0.3) is 0 Å². The summed E-state index contributed by atoms with van der Waals surface area (Å²) in [5, 5.41) is 33.6. The topological polar surface area (TPSA) is 177 Å². The number of hydrogen-bond donors (Lipinski definition) is 4. The van der Waals surface area contributed by atoms with Gasteiger partial charge in [0.25, 0.3) is 0 Å². The monoisotopic (exact) mass is 675 g/mol. The second-order valence-electron chi connectivity index (χ2n) is 12.3. The lowest BCUT2D eigenvalue weighted by Crippen LogP contribution is -2.55. The van der Waals surface area contributed by atoms with Crippen LogP contribution in [0.15, 0.2) is 36.4 Å². The first kappa shape index (κ1) is 42.3. The van der Waals surface area contributed by atoms with Gasteiger partial charge >= 0.3 is 17.9 Å². The Bertz CT molecular complexity index is 1150. The number of carbonyl (C=O) groups excluding carboxylic acids is 4. The predicted molar refractivity (Wildman–Crippen MR) is 182 cm³/mol. The normalized spacial score (nSPS) is 13.8. The maximum atomic E-state index is 13.7. The highest BCUT2D eigenvalue weighted by Crippen LogP contribution is 2.26. The number of nitrogens with one attached hydrogen (secondary N) is 1. The standard InChI is InChI=1S/C37H57NO10/c1-4-7-8-11-14-17-29(39)18-15-12-9-10-13-16-19-31(37(46,36(44)45)27-33(41)47-24-5-2)34(42)38-32(35(43)48-25-6-3)26-28-20-22-30(40)23-21-28/h16,19-23,31-32,40,46H,4-15,17-18,24-27H2,1-3H3,(H,38,42)(H,44,45)/b19-16+/t31-,32+,37+/m1/s1. The number of amides is 1. The molecule has 0 unspecified atom stereocenters. The SMILES string of the molecule is CCCCCCCC(=O)CCCCCC/C=C/[C@H](C(=O)N[C@@H](Cc1ccc(O)cc1)C(=O)OCCC)[C@@](O)(CC(=O)OCCC)C(=O)O. The van der Waals surface area contributed by atoms with Crippen LogP contribution >= 0.6 is 0 Å². The van der Waals surface area contributed by atoms with E-state index in [0.717, 1.165) is 32.1 Å². The van der Waals surface area contributed by atoms with Gasteiger partial charge in [-0.2, -0.15) is 0 Å². The molecule has 0 saturated heterocycles. The summed E-state index contributed by atoms with van der Waals surface area (Å²) in [5.74, 6) is -5.96. The molecule has 270 valence electrons. The van der Waals surface area contributed by atoms with Gasteiger partial charge in [0.15, 0.2) is 5.60 Å². The third-order valence-corrected chi connectivity index (χ3v) is 7.94. The summed E-state index contributed by atoms with van der Waals surface area (Å²) < 4.78 is 10.3. The Morgan fingerprint density at radius 3 is 1.98 bits per heavy atom. The van der Waals surface area contributed by atoms with E-state index in [2.05, 4.69) is 12.2 Å². The number of hydrogen-bond acceptors (Lipinski definition) is 9. The zero-order chi connectivity index (χ0) is 35.8. The minimum atomic E-state index is -2.86. The molecule has 1 rings (SSSR count). The van der Waals surface area contributed by atoms with E-state index < -0.39 is 47.8 Å². The van der Waals surface area contributed by atoms with E-state index in [1.807, 2.05) is 6.92 Å². The van der Waals surface area contributed by atoms with E-state index in [-0.39, 0.29) is 31.2 Å². The van der Waals surface area contributed by atoms with Crippen LogP contribution in [0, 0.1) is 5.92 Å². The highest BCUT2D eigenvalue weighted by atomic mass is 16.5. The predicted octanol–water partition coefficient (Wildman–Crippen LogP) is 5.97. The summed E-state index contributed by atoms with van der Waals surface area (Å²) in [6, 6.07) is 4.75. The van der Waals surface area contributed by atoms with Crippen molar-refractivity contribution in [3.63, 3.8) is 0 Å². The number of aliphatic carboxylic acids is 1. The van der Waals surface area contributed by atoms with Gasteiger partial charge in [0.1, 0.15) is 17.6 Å². The van der Waals surface area contributed by atoms with E-state index >= 15 is 0 Å². The van der Waals surface area contributed by atoms with Crippen molar-refractivity contribution in [3.8, 4) is 5.75 Å². The quantitative estimate of drug-likeness (QED) is 0.0493. The number of esters is 2. The Kier molecular flexibility index (Phi) is 21.5. The minimum Gasteiger partial charge on any atom is -0.508 e. The Morgan fingerprint density at radius 1 is 0.812 bits per heavy atom. The van der Waals surface area contributed by atoms with Crippen LogP contribution in [0.5, 0.6) is 5.75 Å². The zero-order valence-electron chi connectivity index (χ0n) is 29.0. The third kappa shape index (κ3) is 16.9. The summed E-state index contributed by atoms with van der Waals surface area (Å²) in [6.45, 7) is 5.84. The fourth-order valence-corrected chi connectivity index (χ4v) is 5.12. The molecular weight excluding hydrogens is 618 g/mol. The van der Waals surface area contributed by atoms with Crippen LogP contribution in [0.4, 0.5) is 0 Å². The molecule has 11 heteroatoms. The molecule has 0 aliphatic rings. The van der Waals surface area contributed by atoms with Crippen LogP contribution in [0.2, 0.25) is 0 Å². The molecule has 48 heavy (non-hydrogen) atoms. The van der Waals surface area contributed by atoms with Crippen LogP contribution < -0.4 is 5.32 Å². The van der Waals surface area contributed by atoms with Crippen molar-refractivity contribution in [2.24, 2.45) is 5.92 Å². The van der Waals surface area contributed by atoms with Crippen molar-refractivity contribution in [2.75, 3.05) is 13.2 Å². The van der Waals surface area contributed by atoms with E-state index in [4.69, 9.17) is 9.47 Å². The molecule has 0 radical (unpaired) electrons. The molecule has 4 N–H and O–H groups in total. The number of carboxylic acids is 1. The van der Waals surface area contributed by atoms with E-state index in [0.29, 0.717) is 44.1 Å². The first-order valence-electron chi connectivity index (χ1n) is 17.5. The fraction of sp³-hybridized carbons (Fsp3) is 0.649. The van der Waals surface area contributed by atoms with E-state index in [1.165, 1.54) is 37.5 Å². The van der Waals surface area contributed by atoms with Crippen molar-refractivity contribution in [3.05, 3.63) is 42.0 Å². The average molecular weight is 676 g/mol. The molecule has 0 aliphatic carbocycles. The summed E-state index contributed by atoms with van der Waals surface area (Å²) in [7, 11) is 0. The van der Waals surface area contributed by atoms with Crippen molar-refractivity contribution < 1.29 is 48.8 Å². The number of carbonyl (C=O) groups is 5. The molecule has 0 saturated carbocycles. The summed E-state index contributed by atoms with van der Waals surface area (Å²) in [4.78, 5) is 63.7. The van der Waals surface area contributed by atoms with Gasteiger partial charge in [-0.25, -0.2) is 9.59 Å². The molecule has 11 nitrogen and oxygen atoms in total. The van der Waals surface area contributed by atoms with Gasteiger partial charge in [-0.05, 0) is 56.2 Å². The highest BCUT2D eigenvalue weighted by molar-refractivity contribution is 5.95. The first-order chi connectivity index (χ1) is 23.0. The molecule has 0 aliphatic heterocycles. The molecule has 1 aromatic carbocycles. The Labute approximate surface area is 285 Å². The smallest absolute Gasteiger partial charge is 0.337 e. The van der Waals surface area contributed by atoms with Gasteiger partial charge in [-0.1, -0.05) is 83.6 Å². The number of ether oxygens (including phenoxy) is 2. The van der Waals surface area contributed by atoms with Crippen LogP contribution in [-0.4, -0.2) is 69.8 Å². The molecule has 0 spiro atoms. The number of aromatic hydroxyl groups is 1. The van der Waals surface area contributed by atoms with Crippen molar-refractivity contribution >= 4 is 29.6 Å². The number of allylic oxidation sites excluding steroid dienone is 1. The number of carboxylic acid groups (broad SMARTS) is 1. The fourth-order valence-electron chi connectivity index (χ4n) is 5.12. The van der Waals surface area contributed by atoms with Crippen molar-refractivity contribution in [2.45, 2.75) is 135 Å². The van der Waals surface area contributed by atoms with E-state index in [1.54, 1.807) is 25.1 Å². The number of benzene rings is 1. The molecule has 1 amide bonds. The molecule has 0 aromatic heterocycles. The van der Waals surface area contributed by atoms with Crippen LogP contribution in [0.3, 0.4) is 0 Å². The molecule has 0 heterocycles. The molecule has 0 fully saturated rings. The van der Waals surface area contributed by atoms with Gasteiger partial charge in [-0.3, -0.25) is 14.4 Å². The first-order valence-corrected chi connectivity index (χ1v) is 17.5. The number of phenolic OH excluding ortho intramolecular Hbond substituents is 1. The van der Waals surface area contributed by atoms with Gasteiger partial charge in [-0.15, -0.1) is 0 Å². The van der Waals surface area contributed by atoms with Gasteiger partial charge < -0.3 is 30.1 Å². The Balaban J connectivity index is 3.01. The lowest BCUT2D eigenvalue weighted by atomic mass is 9.82. The lowest BCUT2D eigenvalue weighted by molar-refractivity contribution is -0.174. The number of Topliss-reactive ketones (excluding diaryl/α,β-unsaturated/α-hetero) is 1. The Morgan fingerprint density at radius 2 is 1.40 bits per heavy atom. The van der Waals surface area contributed by atoms with Gasteiger partial charge in [0, 0.05) is 19.3 Å². The van der Waals surface area contributed by atoms with Crippen molar-refractivity contribution in [1.82, 2.24) is 5.32 Å².